The zero-order valence-corrected chi connectivity index (χ0v) is 22.6. The van der Waals surface area contributed by atoms with Gasteiger partial charge in [-0.1, -0.05) is 42.5 Å². The molecule has 2 amide bonds. The molecule has 2 aromatic rings. The quantitative estimate of drug-likeness (QED) is 0.307. The molecular formula is C31H24BrNO6. The summed E-state index contributed by atoms with van der Waals surface area (Å²) in [6, 6.07) is 11.9. The van der Waals surface area contributed by atoms with Crippen molar-refractivity contribution in [3.63, 3.8) is 0 Å². The number of Topliss-reactive ketones (excluding diaryl/α,β-unsaturated/α-hetero) is 1. The van der Waals surface area contributed by atoms with Gasteiger partial charge in [0.25, 0.3) is 0 Å². The van der Waals surface area contributed by atoms with E-state index in [0.29, 0.717) is 29.0 Å². The summed E-state index contributed by atoms with van der Waals surface area (Å²) in [5, 5.41) is 11.0. The van der Waals surface area contributed by atoms with Crippen LogP contribution in [0.4, 0.5) is 5.69 Å². The van der Waals surface area contributed by atoms with Crippen LogP contribution in [0.25, 0.3) is 6.08 Å². The second kappa shape index (κ2) is 9.31. The molecule has 4 atom stereocenters. The number of ketones is 2. The molecule has 6 rings (SSSR count). The highest BCUT2D eigenvalue weighted by atomic mass is 79.9. The molecule has 196 valence electrons. The number of imide groups is 1. The number of phenols is 1. The van der Waals surface area contributed by atoms with Gasteiger partial charge in [-0.2, -0.15) is 0 Å². The number of carbonyl (C=O) groups excluding carboxylic acids is 4. The minimum atomic E-state index is -0.798. The Hall–Kier alpha value is -4.04. The van der Waals surface area contributed by atoms with E-state index in [0.717, 1.165) is 11.1 Å². The summed E-state index contributed by atoms with van der Waals surface area (Å²) in [5.74, 6) is -3.62. The second-order valence-electron chi connectivity index (χ2n) is 10.1. The molecule has 0 unspecified atom stereocenters. The molecule has 3 aliphatic carbocycles. The number of amides is 2. The fraction of sp³-hybridized carbons (Fsp3) is 0.226. The average molecular weight is 586 g/mol. The second-order valence-corrected chi connectivity index (χ2v) is 10.9. The highest BCUT2D eigenvalue weighted by molar-refractivity contribution is 9.12. The molecule has 0 radical (unpaired) electrons. The number of rotatable bonds is 4. The van der Waals surface area contributed by atoms with Gasteiger partial charge in [-0.25, -0.2) is 0 Å². The molecule has 0 saturated carbocycles. The number of allylic oxidation sites excluding steroid dienone is 6. The van der Waals surface area contributed by atoms with Crippen molar-refractivity contribution >= 4 is 51.1 Å². The van der Waals surface area contributed by atoms with Crippen molar-refractivity contribution in [1.82, 2.24) is 0 Å². The Morgan fingerprint density at radius 1 is 1.05 bits per heavy atom. The largest absolute Gasteiger partial charge is 0.507 e. The molecule has 0 aromatic heterocycles. The molecule has 1 N–H and O–H groups in total. The van der Waals surface area contributed by atoms with E-state index in [-0.39, 0.29) is 45.6 Å². The van der Waals surface area contributed by atoms with Gasteiger partial charge in [0, 0.05) is 28.7 Å². The number of aromatic hydroxyl groups is 1. The van der Waals surface area contributed by atoms with E-state index in [4.69, 9.17) is 4.74 Å². The number of nitrogens with zero attached hydrogens (tertiary/aromatic N) is 1. The summed E-state index contributed by atoms with van der Waals surface area (Å²) in [6.07, 6.45) is 5.30. The summed E-state index contributed by atoms with van der Waals surface area (Å²) in [6.45, 7) is 3.75. The Morgan fingerprint density at radius 3 is 2.49 bits per heavy atom. The number of ether oxygens (including phenoxy) is 1. The first-order valence-corrected chi connectivity index (χ1v) is 13.4. The standard InChI is InChI=1S/C31H24BrNO6/c1-3-15-7-9-16(10-8-15)33-30(37)18-12-11-17-19(25(18)31(33)38)13-20-26(23(35)14-21(32)29(20)36)27(17)28-22(34)5-4-6-24(28)39-2/h3-11,14,18-19,25,27,34H,1,12-13H2,2H3/t18-,19+,25-,27-/m0/s1. The maximum absolute atomic E-state index is 14.0. The van der Waals surface area contributed by atoms with Crippen LogP contribution in [0.2, 0.25) is 0 Å². The van der Waals surface area contributed by atoms with Gasteiger partial charge in [0.05, 0.1) is 29.1 Å². The lowest BCUT2D eigenvalue weighted by atomic mass is 9.59. The first-order valence-electron chi connectivity index (χ1n) is 12.6. The number of halogens is 1. The summed E-state index contributed by atoms with van der Waals surface area (Å²) in [4.78, 5) is 55.5. The van der Waals surface area contributed by atoms with Crippen LogP contribution < -0.4 is 9.64 Å². The first kappa shape index (κ1) is 25.2. The number of hydrogen-bond acceptors (Lipinski definition) is 6. The zero-order valence-electron chi connectivity index (χ0n) is 21.0. The molecule has 0 bridgehead atoms. The van der Waals surface area contributed by atoms with Gasteiger partial charge >= 0.3 is 0 Å². The van der Waals surface area contributed by atoms with Crippen molar-refractivity contribution in [1.29, 1.82) is 0 Å². The van der Waals surface area contributed by atoms with E-state index < -0.39 is 23.7 Å². The Labute approximate surface area is 233 Å². The molecular weight excluding hydrogens is 562 g/mol. The smallest absolute Gasteiger partial charge is 0.238 e. The maximum atomic E-state index is 14.0. The Morgan fingerprint density at radius 2 is 1.79 bits per heavy atom. The molecule has 8 heteroatoms. The molecule has 7 nitrogen and oxygen atoms in total. The van der Waals surface area contributed by atoms with Crippen molar-refractivity contribution in [2.24, 2.45) is 17.8 Å². The van der Waals surface area contributed by atoms with Gasteiger partial charge in [0.1, 0.15) is 11.5 Å². The van der Waals surface area contributed by atoms with Gasteiger partial charge in [-0.15, -0.1) is 0 Å². The fourth-order valence-electron chi connectivity index (χ4n) is 6.55. The molecule has 1 saturated heterocycles. The predicted molar refractivity (Wildman–Crippen MR) is 148 cm³/mol. The topological polar surface area (TPSA) is 101 Å². The highest BCUT2D eigenvalue weighted by Crippen LogP contribution is 2.57. The van der Waals surface area contributed by atoms with Crippen molar-refractivity contribution in [2.45, 2.75) is 18.8 Å². The van der Waals surface area contributed by atoms with Crippen LogP contribution in [0.5, 0.6) is 11.5 Å². The van der Waals surface area contributed by atoms with Crippen molar-refractivity contribution in [2.75, 3.05) is 12.0 Å². The molecule has 2 aromatic carbocycles. The normalized spacial score (nSPS) is 26.1. The number of fused-ring (bicyclic) bond motifs is 3. The number of hydrogen-bond donors (Lipinski definition) is 1. The lowest BCUT2D eigenvalue weighted by Gasteiger charge is -2.42. The van der Waals surface area contributed by atoms with Crippen LogP contribution in [-0.4, -0.2) is 35.6 Å². The van der Waals surface area contributed by atoms with Crippen LogP contribution in [0.15, 0.2) is 82.4 Å². The molecule has 1 heterocycles. The van der Waals surface area contributed by atoms with E-state index in [1.165, 1.54) is 24.2 Å². The van der Waals surface area contributed by atoms with Crippen LogP contribution in [0.3, 0.4) is 0 Å². The SMILES string of the molecule is C=Cc1ccc(N2C(=O)[C@H]3[C@H](CC=C4[C@H](c5c(O)cccc5OC)C5=C(C[C@H]43)C(=O)C(Br)=CC5=O)C2=O)cc1. The highest BCUT2D eigenvalue weighted by Gasteiger charge is 2.57. The first-order chi connectivity index (χ1) is 18.8. The number of methoxy groups -OCH3 is 1. The Kier molecular flexibility index (Phi) is 6.03. The Balaban J connectivity index is 1.50. The summed E-state index contributed by atoms with van der Waals surface area (Å²) < 4.78 is 5.72. The van der Waals surface area contributed by atoms with Crippen molar-refractivity contribution < 1.29 is 29.0 Å². The van der Waals surface area contributed by atoms with E-state index in [1.807, 2.05) is 6.08 Å². The van der Waals surface area contributed by atoms with Gasteiger partial charge < -0.3 is 9.84 Å². The molecule has 39 heavy (non-hydrogen) atoms. The third-order valence-corrected chi connectivity index (χ3v) is 8.86. The van der Waals surface area contributed by atoms with Crippen LogP contribution >= 0.6 is 15.9 Å². The van der Waals surface area contributed by atoms with E-state index in [2.05, 4.69) is 22.5 Å². The van der Waals surface area contributed by atoms with E-state index in [9.17, 15) is 24.3 Å². The number of benzene rings is 2. The molecule has 4 aliphatic rings. The summed E-state index contributed by atoms with van der Waals surface area (Å²) >= 11 is 3.22. The maximum Gasteiger partial charge on any atom is 0.238 e. The fourth-order valence-corrected chi connectivity index (χ4v) is 7.00. The number of carbonyl (C=O) groups is 4. The van der Waals surface area contributed by atoms with Crippen molar-refractivity contribution in [3.8, 4) is 11.5 Å². The number of phenolic OH excluding ortho intramolecular Hbond substituents is 1. The van der Waals surface area contributed by atoms with Gasteiger partial charge in [-0.05, 0) is 64.5 Å². The number of anilines is 1. The van der Waals surface area contributed by atoms with Gasteiger partial charge in [-0.3, -0.25) is 24.1 Å². The third kappa shape index (κ3) is 3.69. The molecule has 1 fully saturated rings. The van der Waals surface area contributed by atoms with Crippen LogP contribution in [0, 0.1) is 17.8 Å². The minimum absolute atomic E-state index is 0.0819. The lowest BCUT2D eigenvalue weighted by Crippen LogP contribution is -2.39. The lowest BCUT2D eigenvalue weighted by molar-refractivity contribution is -0.123. The van der Waals surface area contributed by atoms with Crippen LogP contribution in [0.1, 0.15) is 29.9 Å². The minimum Gasteiger partial charge on any atom is -0.507 e. The van der Waals surface area contributed by atoms with E-state index >= 15 is 0 Å². The van der Waals surface area contributed by atoms with Gasteiger partial charge in [0.15, 0.2) is 11.6 Å². The molecule has 1 aliphatic heterocycles. The Bertz CT molecular complexity index is 1580. The summed E-state index contributed by atoms with van der Waals surface area (Å²) in [7, 11) is 1.47. The van der Waals surface area contributed by atoms with Crippen LogP contribution in [-0.2, 0) is 19.2 Å². The predicted octanol–water partition coefficient (Wildman–Crippen LogP) is 5.01. The monoisotopic (exact) mass is 585 g/mol. The summed E-state index contributed by atoms with van der Waals surface area (Å²) in [5.41, 5.74) is 3.02. The van der Waals surface area contributed by atoms with Gasteiger partial charge in [0.2, 0.25) is 11.8 Å². The zero-order chi connectivity index (χ0) is 27.6. The van der Waals surface area contributed by atoms with Crippen molar-refractivity contribution in [3.05, 3.63) is 93.5 Å². The average Bonchev–Trinajstić information content (AvgIpc) is 3.20. The van der Waals surface area contributed by atoms with E-state index in [1.54, 1.807) is 42.5 Å². The third-order valence-electron chi connectivity index (χ3n) is 8.27. The molecule has 0 spiro atoms.